The summed E-state index contributed by atoms with van der Waals surface area (Å²) in [6.45, 7) is 12.1. The predicted octanol–water partition coefficient (Wildman–Crippen LogP) is 3.75. The lowest BCUT2D eigenvalue weighted by atomic mass is 10.2. The first-order valence-corrected chi connectivity index (χ1v) is 12.6. The highest BCUT2D eigenvalue weighted by Gasteiger charge is 2.39. The number of rotatable bonds is 7. The Morgan fingerprint density at radius 2 is 2.19 bits per heavy atom. The van der Waals surface area contributed by atoms with Crippen molar-refractivity contribution in [2.45, 2.75) is 64.3 Å². The average molecular weight is 397 g/mol. The number of aromatic nitrogens is 1. The van der Waals surface area contributed by atoms with Gasteiger partial charge in [0.15, 0.2) is 8.32 Å². The number of nitrogens with zero attached hydrogens (tertiary/aromatic N) is 2. The lowest BCUT2D eigenvalue weighted by Crippen LogP contribution is -2.45. The summed E-state index contributed by atoms with van der Waals surface area (Å²) < 4.78 is 6.32. The van der Waals surface area contributed by atoms with Gasteiger partial charge in [-0.15, -0.1) is 11.3 Å². The summed E-state index contributed by atoms with van der Waals surface area (Å²) in [5, 5.41) is 11.4. The maximum Gasteiger partial charge on any atom is 0.328 e. The molecule has 2 rings (SSSR count). The molecule has 144 valence electrons. The Hall–Kier alpha value is -1.51. The van der Waals surface area contributed by atoms with E-state index >= 15 is 0 Å². The van der Waals surface area contributed by atoms with Gasteiger partial charge in [0.2, 0.25) is 5.91 Å². The molecule has 0 aromatic carbocycles. The van der Waals surface area contributed by atoms with Crippen molar-refractivity contribution in [1.82, 2.24) is 9.88 Å². The molecule has 0 radical (unpaired) electrons. The summed E-state index contributed by atoms with van der Waals surface area (Å²) >= 11 is 1.44. The summed E-state index contributed by atoms with van der Waals surface area (Å²) in [4.78, 5) is 29.2. The van der Waals surface area contributed by atoms with E-state index in [0.717, 1.165) is 17.5 Å². The third kappa shape index (κ3) is 5.25. The van der Waals surface area contributed by atoms with Crippen molar-refractivity contribution in [1.29, 1.82) is 0 Å². The van der Waals surface area contributed by atoms with Crippen LogP contribution in [0.4, 0.5) is 0 Å². The minimum atomic E-state index is -1.85. The SMILES string of the molecule is CC(C)(C)[Si](C)(C)OC[C@H]1CCC(=O)N1Cc1nc(/C=C/C(=O)O)cs1. The van der Waals surface area contributed by atoms with Gasteiger partial charge in [0.25, 0.3) is 0 Å². The zero-order chi connectivity index (χ0) is 19.5. The molecule has 1 fully saturated rings. The van der Waals surface area contributed by atoms with Crippen molar-refractivity contribution in [2.24, 2.45) is 0 Å². The van der Waals surface area contributed by atoms with Crippen molar-refractivity contribution in [3.63, 3.8) is 0 Å². The topological polar surface area (TPSA) is 79.7 Å². The van der Waals surface area contributed by atoms with E-state index in [1.165, 1.54) is 17.4 Å². The number of aliphatic carboxylic acids is 1. The molecule has 1 aliphatic heterocycles. The van der Waals surface area contributed by atoms with Gasteiger partial charge in [-0.05, 0) is 30.6 Å². The fraction of sp³-hybridized carbons (Fsp3) is 0.611. The van der Waals surface area contributed by atoms with E-state index in [0.29, 0.717) is 25.3 Å². The largest absolute Gasteiger partial charge is 0.478 e. The molecule has 1 N–H and O–H groups in total. The molecular weight excluding hydrogens is 368 g/mol. The van der Waals surface area contributed by atoms with Gasteiger partial charge in [-0.3, -0.25) is 4.79 Å². The minimum absolute atomic E-state index is 0.0820. The Morgan fingerprint density at radius 3 is 2.81 bits per heavy atom. The van der Waals surface area contributed by atoms with Crippen molar-refractivity contribution < 1.29 is 19.1 Å². The van der Waals surface area contributed by atoms with Gasteiger partial charge >= 0.3 is 5.97 Å². The second-order valence-electron chi connectivity index (χ2n) is 8.12. The van der Waals surface area contributed by atoms with Crippen LogP contribution in [0.3, 0.4) is 0 Å². The normalized spacial score (nSPS) is 18.9. The van der Waals surface area contributed by atoms with E-state index in [-0.39, 0.29) is 17.0 Å². The molecule has 1 aromatic rings. The van der Waals surface area contributed by atoms with Gasteiger partial charge in [0.1, 0.15) is 5.01 Å². The number of hydrogen-bond donors (Lipinski definition) is 1. The maximum atomic E-state index is 12.3. The monoisotopic (exact) mass is 396 g/mol. The van der Waals surface area contributed by atoms with Gasteiger partial charge in [-0.2, -0.15) is 0 Å². The van der Waals surface area contributed by atoms with E-state index in [1.54, 1.807) is 5.38 Å². The predicted molar refractivity (Wildman–Crippen MR) is 106 cm³/mol. The highest BCUT2D eigenvalue weighted by atomic mass is 32.1. The lowest BCUT2D eigenvalue weighted by Gasteiger charge is -2.38. The van der Waals surface area contributed by atoms with Crippen LogP contribution in [0, 0.1) is 0 Å². The molecule has 0 spiro atoms. The first-order chi connectivity index (χ1) is 12.0. The molecular formula is C18H28N2O4SSi. The van der Waals surface area contributed by atoms with Crippen LogP contribution in [-0.4, -0.2) is 47.8 Å². The van der Waals surface area contributed by atoms with Crippen molar-refractivity contribution in [3.05, 3.63) is 22.2 Å². The Kier molecular flexibility index (Phi) is 6.41. The van der Waals surface area contributed by atoms with Crippen LogP contribution in [-0.2, 0) is 20.6 Å². The fourth-order valence-corrected chi connectivity index (χ4v) is 4.28. The van der Waals surface area contributed by atoms with Crippen LogP contribution in [0.25, 0.3) is 6.08 Å². The average Bonchev–Trinajstić information content (AvgIpc) is 3.10. The van der Waals surface area contributed by atoms with E-state index < -0.39 is 14.3 Å². The van der Waals surface area contributed by atoms with E-state index in [2.05, 4.69) is 38.8 Å². The van der Waals surface area contributed by atoms with Gasteiger partial charge in [0, 0.05) is 17.9 Å². The Labute approximate surface area is 160 Å². The van der Waals surface area contributed by atoms with Crippen LogP contribution in [0.15, 0.2) is 11.5 Å². The number of thiazole rings is 1. The van der Waals surface area contributed by atoms with E-state index in [4.69, 9.17) is 9.53 Å². The Bertz CT molecular complexity index is 694. The summed E-state index contributed by atoms with van der Waals surface area (Å²) in [5.74, 6) is -0.872. The number of amides is 1. The van der Waals surface area contributed by atoms with Crippen LogP contribution in [0.5, 0.6) is 0 Å². The van der Waals surface area contributed by atoms with Crippen molar-refractivity contribution >= 4 is 37.6 Å². The maximum absolute atomic E-state index is 12.3. The first kappa shape index (κ1) is 20.8. The van der Waals surface area contributed by atoms with Gasteiger partial charge in [-0.25, -0.2) is 9.78 Å². The molecule has 0 bridgehead atoms. The zero-order valence-corrected chi connectivity index (χ0v) is 17.9. The van der Waals surface area contributed by atoms with Crippen LogP contribution >= 0.6 is 11.3 Å². The third-order valence-electron chi connectivity index (χ3n) is 5.17. The van der Waals surface area contributed by atoms with Gasteiger partial charge in [0.05, 0.1) is 24.9 Å². The molecule has 1 aromatic heterocycles. The van der Waals surface area contributed by atoms with Crippen LogP contribution in [0.2, 0.25) is 18.1 Å². The number of likely N-dealkylation sites (tertiary alicyclic amines) is 1. The van der Waals surface area contributed by atoms with Gasteiger partial charge < -0.3 is 14.4 Å². The van der Waals surface area contributed by atoms with Gasteiger partial charge in [-0.1, -0.05) is 20.8 Å². The summed E-state index contributed by atoms with van der Waals surface area (Å²) in [6.07, 6.45) is 3.88. The summed E-state index contributed by atoms with van der Waals surface area (Å²) in [7, 11) is -1.85. The molecule has 1 amide bonds. The second-order valence-corrected chi connectivity index (χ2v) is 13.9. The third-order valence-corrected chi connectivity index (χ3v) is 10.5. The molecule has 1 aliphatic rings. The number of carboxylic acids is 1. The van der Waals surface area contributed by atoms with E-state index in [1.807, 2.05) is 4.90 Å². The highest BCUT2D eigenvalue weighted by molar-refractivity contribution is 7.09. The zero-order valence-electron chi connectivity index (χ0n) is 16.1. The summed E-state index contributed by atoms with van der Waals surface area (Å²) in [6, 6.07) is 0.0820. The number of carbonyl (C=O) groups excluding carboxylic acids is 1. The van der Waals surface area contributed by atoms with Crippen LogP contribution in [0.1, 0.15) is 44.3 Å². The molecule has 1 atom stereocenters. The quantitative estimate of drug-likeness (QED) is 0.561. The van der Waals surface area contributed by atoms with Crippen molar-refractivity contribution in [3.8, 4) is 0 Å². The second kappa shape index (κ2) is 8.02. The first-order valence-electron chi connectivity index (χ1n) is 8.78. The number of carbonyl (C=O) groups is 2. The van der Waals surface area contributed by atoms with Crippen LogP contribution < -0.4 is 0 Å². The standard InChI is InChI=1S/C18H28N2O4SSi/c1-18(2,3)26(4,5)24-11-14-7-8-16(21)20(14)10-15-19-13(12-25-15)6-9-17(22)23/h6,9,12,14H,7-8,10-11H2,1-5H3,(H,22,23)/b9-6+/t14-/m1/s1. The molecule has 0 saturated carbocycles. The Morgan fingerprint density at radius 1 is 1.50 bits per heavy atom. The fourth-order valence-electron chi connectivity index (χ4n) is 2.48. The summed E-state index contributed by atoms with van der Waals surface area (Å²) in [5.41, 5.74) is 0.605. The Balaban J connectivity index is 2.01. The molecule has 8 heteroatoms. The molecule has 0 unspecified atom stereocenters. The van der Waals surface area contributed by atoms with E-state index in [9.17, 15) is 9.59 Å². The van der Waals surface area contributed by atoms with Crippen molar-refractivity contribution in [2.75, 3.05) is 6.61 Å². The highest BCUT2D eigenvalue weighted by Crippen LogP contribution is 2.37. The minimum Gasteiger partial charge on any atom is -0.478 e. The molecule has 2 heterocycles. The number of hydrogen-bond acceptors (Lipinski definition) is 5. The smallest absolute Gasteiger partial charge is 0.328 e. The molecule has 0 aliphatic carbocycles. The molecule has 1 saturated heterocycles. The molecule has 26 heavy (non-hydrogen) atoms. The molecule has 6 nitrogen and oxygen atoms in total. The lowest BCUT2D eigenvalue weighted by molar-refractivity contribution is -0.131. The number of carboxylic acid groups (broad SMARTS) is 1.